The first-order chi connectivity index (χ1) is 14.3. The van der Waals surface area contributed by atoms with E-state index in [1.54, 1.807) is 18.7 Å². The zero-order valence-corrected chi connectivity index (χ0v) is 19.2. The lowest BCUT2D eigenvalue weighted by Crippen LogP contribution is -2.46. The molecule has 166 valence electrons. The van der Waals surface area contributed by atoms with Gasteiger partial charge < -0.3 is 9.64 Å². The Morgan fingerprint density at radius 2 is 1.87 bits per heavy atom. The molecule has 1 saturated carbocycles. The number of nitrogens with zero attached hydrogens (tertiary/aromatic N) is 2. The summed E-state index contributed by atoms with van der Waals surface area (Å²) in [5.41, 5.74) is 0.213. The van der Waals surface area contributed by atoms with Crippen molar-refractivity contribution in [1.82, 2.24) is 9.21 Å². The number of carbonyl (C=O) groups is 2. The van der Waals surface area contributed by atoms with Crippen molar-refractivity contribution >= 4 is 33.5 Å². The zero-order chi connectivity index (χ0) is 22.1. The van der Waals surface area contributed by atoms with Gasteiger partial charge in [-0.15, -0.1) is 0 Å². The fourth-order valence-corrected chi connectivity index (χ4v) is 6.74. The molecule has 1 amide bonds. The van der Waals surface area contributed by atoms with Crippen LogP contribution in [0.3, 0.4) is 0 Å². The van der Waals surface area contributed by atoms with Gasteiger partial charge in [0.1, 0.15) is 10.9 Å². The molecule has 2 fully saturated rings. The Kier molecular flexibility index (Phi) is 7.09. The van der Waals surface area contributed by atoms with Gasteiger partial charge in [-0.05, 0) is 43.4 Å². The Hall–Kier alpha value is -1.64. The number of likely N-dealkylation sites (tertiary alicyclic amines) is 1. The first-order valence-electron chi connectivity index (χ1n) is 10.5. The Labute approximate surface area is 183 Å². The molecule has 0 aromatic heterocycles. The van der Waals surface area contributed by atoms with Gasteiger partial charge in [0.25, 0.3) is 5.91 Å². The van der Waals surface area contributed by atoms with Crippen molar-refractivity contribution in [3.8, 4) is 0 Å². The third-order valence-electron chi connectivity index (χ3n) is 6.30. The summed E-state index contributed by atoms with van der Waals surface area (Å²) in [5.74, 6) is -0.520. The highest BCUT2D eigenvalue weighted by molar-refractivity contribution is 7.89. The fraction of sp³-hybridized carbons (Fsp3) is 0.619. The molecule has 1 aliphatic carbocycles. The third-order valence-corrected chi connectivity index (χ3v) is 8.83. The molecule has 0 spiro atoms. The molecule has 1 saturated heterocycles. The van der Waals surface area contributed by atoms with Crippen LogP contribution in [0.5, 0.6) is 0 Å². The summed E-state index contributed by atoms with van der Waals surface area (Å²) in [6.45, 7) is 4.10. The molecular formula is C21H29ClN2O5S. The number of hydrogen-bond acceptors (Lipinski definition) is 5. The van der Waals surface area contributed by atoms with Crippen LogP contribution in [0.25, 0.3) is 0 Å². The van der Waals surface area contributed by atoms with Crippen molar-refractivity contribution in [3.05, 3.63) is 28.8 Å². The molecule has 2 aliphatic rings. The van der Waals surface area contributed by atoms with Crippen LogP contribution in [-0.2, 0) is 19.6 Å². The molecule has 9 heteroatoms. The lowest BCUT2D eigenvalue weighted by molar-refractivity contribution is -0.145. The summed E-state index contributed by atoms with van der Waals surface area (Å²) >= 11 is 6.21. The predicted octanol–water partition coefficient (Wildman–Crippen LogP) is 3.32. The van der Waals surface area contributed by atoms with Crippen LogP contribution in [0.2, 0.25) is 5.02 Å². The number of ether oxygens (including phenoxy) is 1. The molecule has 1 aromatic rings. The molecule has 3 rings (SSSR count). The Morgan fingerprint density at radius 1 is 1.20 bits per heavy atom. The van der Waals surface area contributed by atoms with Gasteiger partial charge in [0, 0.05) is 24.7 Å². The second-order valence-corrected chi connectivity index (χ2v) is 10.1. The number of fused-ring (bicyclic) bond motifs is 1. The molecule has 1 heterocycles. The Balaban J connectivity index is 2.00. The van der Waals surface area contributed by atoms with Gasteiger partial charge in [0.2, 0.25) is 10.0 Å². The summed E-state index contributed by atoms with van der Waals surface area (Å²) in [7, 11) is -2.51. The van der Waals surface area contributed by atoms with Gasteiger partial charge >= 0.3 is 5.97 Å². The third kappa shape index (κ3) is 4.09. The quantitative estimate of drug-likeness (QED) is 0.613. The van der Waals surface area contributed by atoms with Crippen molar-refractivity contribution in [1.29, 1.82) is 0 Å². The van der Waals surface area contributed by atoms with E-state index in [1.165, 1.54) is 29.6 Å². The van der Waals surface area contributed by atoms with Crippen LogP contribution in [0.15, 0.2) is 23.1 Å². The van der Waals surface area contributed by atoms with E-state index in [4.69, 9.17) is 16.3 Å². The monoisotopic (exact) mass is 456 g/mol. The van der Waals surface area contributed by atoms with Crippen molar-refractivity contribution < 1.29 is 22.7 Å². The number of esters is 1. The number of rotatable bonds is 6. The number of hydrogen-bond donors (Lipinski definition) is 0. The highest BCUT2D eigenvalue weighted by Gasteiger charge is 2.48. The standard InChI is InChI=1S/C21H29ClN2O5S/c1-4-23(5-2)30(27,28)19-13-15(10-11-16(19)22)20(25)24-17-9-7-6-8-14(17)12-18(24)21(26)29-3/h10-11,13-14,17-18H,4-9,12H2,1-3H3/t14-,17+,18-/m0/s1. The van der Waals surface area contributed by atoms with Crippen LogP contribution in [0.1, 0.15) is 56.3 Å². The highest BCUT2D eigenvalue weighted by Crippen LogP contribution is 2.41. The van der Waals surface area contributed by atoms with E-state index in [1.807, 2.05) is 0 Å². The SMILES string of the molecule is CCN(CC)S(=O)(=O)c1cc(C(=O)N2[C@@H]3CCCC[C@H]3C[C@H]2C(=O)OC)ccc1Cl. The van der Waals surface area contributed by atoms with E-state index < -0.39 is 22.0 Å². The molecule has 1 aliphatic heterocycles. The molecule has 0 bridgehead atoms. The van der Waals surface area contributed by atoms with Crippen LogP contribution in [0.4, 0.5) is 0 Å². The largest absolute Gasteiger partial charge is 0.467 e. The minimum atomic E-state index is -3.83. The molecule has 7 nitrogen and oxygen atoms in total. The highest BCUT2D eigenvalue weighted by atomic mass is 35.5. The molecule has 30 heavy (non-hydrogen) atoms. The Morgan fingerprint density at radius 3 is 2.50 bits per heavy atom. The second-order valence-electron chi connectivity index (χ2n) is 7.83. The number of carbonyl (C=O) groups excluding carboxylic acids is 2. The van der Waals surface area contributed by atoms with Crippen LogP contribution in [-0.4, -0.2) is 61.8 Å². The van der Waals surface area contributed by atoms with E-state index >= 15 is 0 Å². The number of benzene rings is 1. The molecule has 0 radical (unpaired) electrons. The predicted molar refractivity (Wildman–Crippen MR) is 114 cm³/mol. The van der Waals surface area contributed by atoms with E-state index in [0.29, 0.717) is 19.5 Å². The van der Waals surface area contributed by atoms with Gasteiger partial charge in [-0.2, -0.15) is 4.31 Å². The smallest absolute Gasteiger partial charge is 0.328 e. The minimum Gasteiger partial charge on any atom is -0.467 e. The average molecular weight is 457 g/mol. The van der Waals surface area contributed by atoms with Crippen LogP contribution >= 0.6 is 11.6 Å². The second kappa shape index (κ2) is 9.24. The summed E-state index contributed by atoms with van der Waals surface area (Å²) in [6, 6.07) is 3.62. The zero-order valence-electron chi connectivity index (χ0n) is 17.6. The maximum atomic E-state index is 13.5. The van der Waals surface area contributed by atoms with Crippen molar-refractivity contribution in [2.45, 2.75) is 62.9 Å². The van der Waals surface area contributed by atoms with E-state index in [-0.39, 0.29) is 33.3 Å². The maximum absolute atomic E-state index is 13.5. The summed E-state index contributed by atoms with van der Waals surface area (Å²) in [6.07, 6.45) is 4.48. The topological polar surface area (TPSA) is 84.0 Å². The van der Waals surface area contributed by atoms with Gasteiger partial charge in [-0.25, -0.2) is 13.2 Å². The average Bonchev–Trinajstić information content (AvgIpc) is 3.13. The number of halogens is 1. The molecule has 0 unspecified atom stereocenters. The van der Waals surface area contributed by atoms with Gasteiger partial charge in [-0.3, -0.25) is 4.79 Å². The lowest BCUT2D eigenvalue weighted by Gasteiger charge is -2.33. The molecule has 1 aromatic carbocycles. The number of amides is 1. The van der Waals surface area contributed by atoms with Gasteiger partial charge in [0.05, 0.1) is 12.1 Å². The van der Waals surface area contributed by atoms with Crippen molar-refractivity contribution in [2.75, 3.05) is 20.2 Å². The number of sulfonamides is 1. The summed E-state index contributed by atoms with van der Waals surface area (Å²) in [5, 5.41) is 0.0694. The van der Waals surface area contributed by atoms with Crippen LogP contribution in [0, 0.1) is 5.92 Å². The molecular weight excluding hydrogens is 428 g/mol. The van der Waals surface area contributed by atoms with Crippen molar-refractivity contribution in [2.24, 2.45) is 5.92 Å². The van der Waals surface area contributed by atoms with E-state index in [2.05, 4.69) is 0 Å². The lowest BCUT2D eigenvalue weighted by atomic mass is 9.84. The van der Waals surface area contributed by atoms with Crippen molar-refractivity contribution in [3.63, 3.8) is 0 Å². The maximum Gasteiger partial charge on any atom is 0.328 e. The Bertz CT molecular complexity index is 916. The molecule has 0 N–H and O–H groups in total. The first-order valence-corrected chi connectivity index (χ1v) is 12.3. The molecule has 3 atom stereocenters. The number of methoxy groups -OCH3 is 1. The van der Waals surface area contributed by atoms with Crippen LogP contribution < -0.4 is 0 Å². The van der Waals surface area contributed by atoms with E-state index in [9.17, 15) is 18.0 Å². The van der Waals surface area contributed by atoms with Gasteiger partial charge in [-0.1, -0.05) is 38.3 Å². The normalized spacial score (nSPS) is 24.0. The minimum absolute atomic E-state index is 0.0335. The summed E-state index contributed by atoms with van der Waals surface area (Å²) in [4.78, 5) is 27.4. The fourth-order valence-electron chi connectivity index (χ4n) is 4.78. The van der Waals surface area contributed by atoms with Gasteiger partial charge in [0.15, 0.2) is 0 Å². The summed E-state index contributed by atoms with van der Waals surface area (Å²) < 4.78 is 32.3. The van der Waals surface area contributed by atoms with E-state index in [0.717, 1.165) is 25.7 Å². The first kappa shape index (κ1) is 23.0.